The van der Waals surface area contributed by atoms with Gasteiger partial charge in [0.15, 0.2) is 0 Å². The van der Waals surface area contributed by atoms with E-state index in [-0.39, 0.29) is 5.92 Å². The number of rotatable bonds is 4. The highest BCUT2D eigenvalue weighted by molar-refractivity contribution is 5.70. The molecule has 2 saturated heterocycles. The highest BCUT2D eigenvalue weighted by Gasteiger charge is 2.34. The van der Waals surface area contributed by atoms with Crippen molar-refractivity contribution in [3.05, 3.63) is 0 Å². The van der Waals surface area contributed by atoms with E-state index in [2.05, 4.69) is 10.2 Å². The Balaban J connectivity index is 1.47. The number of carboxylic acids is 1. The van der Waals surface area contributed by atoms with Gasteiger partial charge in [-0.1, -0.05) is 12.8 Å². The number of piperidine rings is 1. The van der Waals surface area contributed by atoms with Crippen LogP contribution in [0, 0.1) is 11.8 Å². The van der Waals surface area contributed by atoms with Crippen LogP contribution in [0.2, 0.25) is 0 Å². The van der Waals surface area contributed by atoms with Gasteiger partial charge in [0, 0.05) is 12.1 Å². The molecule has 2 aliphatic heterocycles. The molecule has 1 aliphatic carbocycles. The van der Waals surface area contributed by atoms with Gasteiger partial charge in [0.05, 0.1) is 5.92 Å². The third-order valence-corrected chi connectivity index (χ3v) is 5.72. The molecule has 4 unspecified atom stereocenters. The van der Waals surface area contributed by atoms with Crippen molar-refractivity contribution in [2.75, 3.05) is 19.6 Å². The van der Waals surface area contributed by atoms with Crippen LogP contribution in [-0.2, 0) is 4.79 Å². The first-order chi connectivity index (χ1) is 9.74. The highest BCUT2D eigenvalue weighted by Crippen LogP contribution is 2.31. The van der Waals surface area contributed by atoms with Crippen molar-refractivity contribution in [3.8, 4) is 0 Å². The fourth-order valence-corrected chi connectivity index (χ4v) is 4.50. The van der Waals surface area contributed by atoms with Gasteiger partial charge in [-0.3, -0.25) is 4.79 Å². The second kappa shape index (κ2) is 6.44. The average Bonchev–Trinajstić information content (AvgIpc) is 2.92. The van der Waals surface area contributed by atoms with E-state index in [0.717, 1.165) is 31.8 Å². The molecule has 1 saturated carbocycles. The van der Waals surface area contributed by atoms with Crippen molar-refractivity contribution in [2.24, 2.45) is 11.8 Å². The zero-order valence-corrected chi connectivity index (χ0v) is 12.4. The highest BCUT2D eigenvalue weighted by atomic mass is 16.4. The molecule has 0 amide bonds. The molecule has 4 heteroatoms. The topological polar surface area (TPSA) is 52.6 Å². The molecular weight excluding hydrogens is 252 g/mol. The predicted octanol–water partition coefficient (Wildman–Crippen LogP) is 2.09. The van der Waals surface area contributed by atoms with Crippen molar-refractivity contribution < 1.29 is 9.90 Å². The number of carboxylic acid groups (broad SMARTS) is 1. The summed E-state index contributed by atoms with van der Waals surface area (Å²) in [5, 5.41) is 13.0. The van der Waals surface area contributed by atoms with Gasteiger partial charge in [-0.2, -0.15) is 0 Å². The molecule has 0 aromatic rings. The van der Waals surface area contributed by atoms with E-state index >= 15 is 0 Å². The van der Waals surface area contributed by atoms with E-state index in [0.29, 0.717) is 12.0 Å². The van der Waals surface area contributed by atoms with Crippen LogP contribution in [0.1, 0.15) is 51.4 Å². The van der Waals surface area contributed by atoms with Gasteiger partial charge in [-0.25, -0.2) is 0 Å². The lowest BCUT2D eigenvalue weighted by Gasteiger charge is -2.37. The van der Waals surface area contributed by atoms with E-state index in [1.807, 2.05) is 0 Å². The maximum Gasteiger partial charge on any atom is 0.306 e. The minimum Gasteiger partial charge on any atom is -0.481 e. The summed E-state index contributed by atoms with van der Waals surface area (Å²) in [5.41, 5.74) is 0. The lowest BCUT2D eigenvalue weighted by Crippen LogP contribution is -2.47. The summed E-state index contributed by atoms with van der Waals surface area (Å²) in [4.78, 5) is 14.0. The molecule has 3 rings (SSSR count). The summed E-state index contributed by atoms with van der Waals surface area (Å²) in [7, 11) is 0. The van der Waals surface area contributed by atoms with Gasteiger partial charge in [-0.15, -0.1) is 0 Å². The lowest BCUT2D eigenvalue weighted by molar-refractivity contribution is -0.144. The van der Waals surface area contributed by atoms with Crippen molar-refractivity contribution >= 4 is 5.97 Å². The van der Waals surface area contributed by atoms with Crippen LogP contribution in [0.3, 0.4) is 0 Å². The fraction of sp³-hybridized carbons (Fsp3) is 0.938. The Morgan fingerprint density at radius 1 is 1.10 bits per heavy atom. The van der Waals surface area contributed by atoms with Crippen LogP contribution in [0.15, 0.2) is 0 Å². The first-order valence-corrected chi connectivity index (χ1v) is 8.44. The molecule has 3 fully saturated rings. The summed E-state index contributed by atoms with van der Waals surface area (Å²) in [6.45, 7) is 3.44. The minimum atomic E-state index is -0.581. The maximum atomic E-state index is 11.3. The molecule has 2 N–H and O–H groups in total. The number of nitrogens with one attached hydrogen (secondary N) is 1. The molecule has 0 aromatic carbocycles. The summed E-state index contributed by atoms with van der Waals surface area (Å²) < 4.78 is 0. The van der Waals surface area contributed by atoms with Gasteiger partial charge >= 0.3 is 5.97 Å². The maximum absolute atomic E-state index is 11.3. The minimum absolute atomic E-state index is 0.109. The van der Waals surface area contributed by atoms with Gasteiger partial charge in [0.25, 0.3) is 0 Å². The summed E-state index contributed by atoms with van der Waals surface area (Å²) in [6.07, 6.45) is 9.49. The standard InChI is InChI=1S/C16H28N2O2/c19-16(20)15-6-2-1-4-12(15)11-17-13-7-9-18-8-3-5-14(18)10-13/h12-15,17H,1-11H2,(H,19,20). The molecule has 4 atom stereocenters. The van der Waals surface area contributed by atoms with Crippen molar-refractivity contribution in [3.63, 3.8) is 0 Å². The number of fused-ring (bicyclic) bond motifs is 1. The van der Waals surface area contributed by atoms with Crippen LogP contribution >= 0.6 is 0 Å². The number of carbonyl (C=O) groups is 1. The van der Waals surface area contributed by atoms with Crippen molar-refractivity contribution in [2.45, 2.75) is 63.5 Å². The number of nitrogens with zero attached hydrogens (tertiary/aromatic N) is 1. The second-order valence-corrected chi connectivity index (χ2v) is 6.95. The molecule has 0 bridgehead atoms. The normalized spacial score (nSPS) is 38.6. The van der Waals surface area contributed by atoms with Gasteiger partial charge < -0.3 is 15.3 Å². The molecule has 3 aliphatic rings. The quantitative estimate of drug-likeness (QED) is 0.828. The monoisotopic (exact) mass is 280 g/mol. The van der Waals surface area contributed by atoms with Gasteiger partial charge in [-0.05, 0) is 64.1 Å². The molecule has 0 spiro atoms. The van der Waals surface area contributed by atoms with Crippen molar-refractivity contribution in [1.82, 2.24) is 10.2 Å². The Bertz CT molecular complexity index is 347. The van der Waals surface area contributed by atoms with Crippen LogP contribution < -0.4 is 5.32 Å². The third-order valence-electron chi connectivity index (χ3n) is 5.72. The molecule has 114 valence electrons. The molecule has 4 nitrogen and oxygen atoms in total. The molecular formula is C16H28N2O2. The Morgan fingerprint density at radius 3 is 2.80 bits per heavy atom. The summed E-state index contributed by atoms with van der Waals surface area (Å²) >= 11 is 0. The van der Waals surface area contributed by atoms with E-state index < -0.39 is 5.97 Å². The first-order valence-electron chi connectivity index (χ1n) is 8.44. The first kappa shape index (κ1) is 14.3. The Labute approximate surface area is 121 Å². The SMILES string of the molecule is O=C(O)C1CCCCC1CNC1CCN2CCCC2C1. The zero-order chi connectivity index (χ0) is 13.9. The summed E-state index contributed by atoms with van der Waals surface area (Å²) in [5.74, 6) is -0.340. The Hall–Kier alpha value is -0.610. The van der Waals surface area contributed by atoms with Crippen LogP contribution in [0.5, 0.6) is 0 Å². The molecule has 20 heavy (non-hydrogen) atoms. The van der Waals surface area contributed by atoms with E-state index in [1.54, 1.807) is 0 Å². The van der Waals surface area contributed by atoms with Crippen LogP contribution in [-0.4, -0.2) is 47.7 Å². The average molecular weight is 280 g/mol. The Kier molecular flexibility index (Phi) is 4.61. The molecule has 0 aromatic heterocycles. The van der Waals surface area contributed by atoms with Crippen LogP contribution in [0.25, 0.3) is 0 Å². The number of hydrogen-bond donors (Lipinski definition) is 2. The predicted molar refractivity (Wildman–Crippen MR) is 78.7 cm³/mol. The van der Waals surface area contributed by atoms with E-state index in [1.165, 1.54) is 45.2 Å². The lowest BCUT2D eigenvalue weighted by atomic mass is 9.79. The summed E-state index contributed by atoms with van der Waals surface area (Å²) in [6, 6.07) is 1.41. The van der Waals surface area contributed by atoms with Gasteiger partial charge in [0.1, 0.15) is 0 Å². The number of hydrogen-bond acceptors (Lipinski definition) is 3. The van der Waals surface area contributed by atoms with E-state index in [9.17, 15) is 9.90 Å². The van der Waals surface area contributed by atoms with Crippen molar-refractivity contribution in [1.29, 1.82) is 0 Å². The second-order valence-electron chi connectivity index (χ2n) is 6.95. The Morgan fingerprint density at radius 2 is 1.95 bits per heavy atom. The number of aliphatic carboxylic acids is 1. The van der Waals surface area contributed by atoms with E-state index in [4.69, 9.17) is 0 Å². The fourth-order valence-electron chi connectivity index (χ4n) is 4.50. The molecule has 2 heterocycles. The largest absolute Gasteiger partial charge is 0.481 e. The molecule has 0 radical (unpaired) electrons. The smallest absolute Gasteiger partial charge is 0.306 e. The van der Waals surface area contributed by atoms with Crippen LogP contribution in [0.4, 0.5) is 0 Å². The van der Waals surface area contributed by atoms with Gasteiger partial charge in [0.2, 0.25) is 0 Å². The third kappa shape index (κ3) is 3.17. The zero-order valence-electron chi connectivity index (χ0n) is 12.4.